The van der Waals surface area contributed by atoms with Crippen LogP contribution in [0.1, 0.15) is 44.1 Å². The van der Waals surface area contributed by atoms with E-state index in [0.29, 0.717) is 12.2 Å². The molecule has 0 spiro atoms. The summed E-state index contributed by atoms with van der Waals surface area (Å²) < 4.78 is 12.8. The van der Waals surface area contributed by atoms with E-state index >= 15 is 0 Å². The number of aromatic nitrogens is 2. The van der Waals surface area contributed by atoms with Gasteiger partial charge in [-0.25, -0.2) is 4.98 Å². The Morgan fingerprint density at radius 2 is 1.68 bits per heavy atom. The molecule has 6 nitrogen and oxygen atoms in total. The van der Waals surface area contributed by atoms with Crippen LogP contribution in [0, 0.1) is 0 Å². The van der Waals surface area contributed by atoms with Crippen LogP contribution in [0.15, 0.2) is 78.3 Å². The molecule has 178 valence electrons. The van der Waals surface area contributed by atoms with E-state index in [0.717, 1.165) is 41.2 Å². The standard InChI is InChI=1S/C28H33N3O3/c1-20(2)8-6-9-21(3)16-17-30-28(32)24-18-29-19-31(24)23-14-12-22(13-15-23)27-25(33-4)10-7-11-26(27)34-5/h7-8,10-16,18-19H,6,9,17H2,1-5H3,(H,30,32). The Hall–Kier alpha value is -3.80. The Labute approximate surface area is 201 Å². The second-order valence-corrected chi connectivity index (χ2v) is 8.31. The zero-order chi connectivity index (χ0) is 24.5. The summed E-state index contributed by atoms with van der Waals surface area (Å²) in [6, 6.07) is 13.6. The Kier molecular flexibility index (Phi) is 8.68. The smallest absolute Gasteiger partial charge is 0.270 e. The maximum atomic E-state index is 12.8. The number of allylic oxidation sites excluding steroid dienone is 3. The third-order valence-electron chi connectivity index (χ3n) is 5.54. The van der Waals surface area contributed by atoms with Gasteiger partial charge in [0.25, 0.3) is 5.91 Å². The normalized spacial score (nSPS) is 11.1. The van der Waals surface area contributed by atoms with Crippen molar-refractivity contribution in [2.45, 2.75) is 33.6 Å². The monoisotopic (exact) mass is 459 g/mol. The molecule has 0 saturated carbocycles. The molecule has 3 aromatic rings. The van der Waals surface area contributed by atoms with Gasteiger partial charge in [-0.05, 0) is 63.4 Å². The van der Waals surface area contributed by atoms with E-state index in [1.807, 2.05) is 42.5 Å². The van der Waals surface area contributed by atoms with Crippen molar-refractivity contribution in [1.82, 2.24) is 14.9 Å². The maximum Gasteiger partial charge on any atom is 0.270 e. The third-order valence-corrected chi connectivity index (χ3v) is 5.54. The molecule has 0 radical (unpaired) electrons. The molecule has 3 rings (SSSR count). The predicted octanol–water partition coefficient (Wildman–Crippen LogP) is 5.98. The molecule has 6 heteroatoms. The number of rotatable bonds is 10. The maximum absolute atomic E-state index is 12.8. The van der Waals surface area contributed by atoms with Gasteiger partial charge >= 0.3 is 0 Å². The number of ether oxygens (including phenoxy) is 2. The lowest BCUT2D eigenvalue weighted by molar-refractivity contribution is 0.0951. The molecule has 2 aromatic carbocycles. The van der Waals surface area contributed by atoms with E-state index in [1.165, 1.54) is 11.1 Å². The molecule has 1 aromatic heterocycles. The average molecular weight is 460 g/mol. The lowest BCUT2D eigenvalue weighted by atomic mass is 10.0. The first-order valence-corrected chi connectivity index (χ1v) is 11.4. The number of benzene rings is 2. The van der Waals surface area contributed by atoms with E-state index in [4.69, 9.17) is 9.47 Å². The fourth-order valence-corrected chi connectivity index (χ4v) is 3.69. The second kappa shape index (κ2) is 11.9. The Bertz CT molecular complexity index is 1150. The van der Waals surface area contributed by atoms with Gasteiger partial charge in [0.2, 0.25) is 0 Å². The number of hydrogen-bond acceptors (Lipinski definition) is 4. The number of methoxy groups -OCH3 is 2. The number of imidazole rings is 1. The van der Waals surface area contributed by atoms with Crippen LogP contribution in [-0.4, -0.2) is 36.2 Å². The van der Waals surface area contributed by atoms with Crippen molar-refractivity contribution in [3.8, 4) is 28.3 Å². The van der Waals surface area contributed by atoms with Gasteiger partial charge in [0.15, 0.2) is 0 Å². The Morgan fingerprint density at radius 3 is 2.29 bits per heavy atom. The molecule has 0 bridgehead atoms. The number of hydrogen-bond donors (Lipinski definition) is 1. The largest absolute Gasteiger partial charge is 0.496 e. The molecule has 1 amide bonds. The fraction of sp³-hybridized carbons (Fsp3) is 0.286. The van der Waals surface area contributed by atoms with Crippen LogP contribution < -0.4 is 14.8 Å². The quantitative estimate of drug-likeness (QED) is 0.379. The summed E-state index contributed by atoms with van der Waals surface area (Å²) in [5.74, 6) is 1.30. The summed E-state index contributed by atoms with van der Waals surface area (Å²) in [5.41, 5.74) is 5.75. The Balaban J connectivity index is 1.72. The molecule has 0 fully saturated rings. The van der Waals surface area contributed by atoms with E-state index in [1.54, 1.807) is 31.3 Å². The minimum Gasteiger partial charge on any atom is -0.496 e. The molecule has 0 saturated heterocycles. The molecular weight excluding hydrogens is 426 g/mol. The van der Waals surface area contributed by atoms with Crippen LogP contribution in [0.4, 0.5) is 0 Å². The number of carbonyl (C=O) groups excluding carboxylic acids is 1. The van der Waals surface area contributed by atoms with Crippen molar-refractivity contribution in [2.75, 3.05) is 20.8 Å². The van der Waals surface area contributed by atoms with Crippen LogP contribution >= 0.6 is 0 Å². The first kappa shape index (κ1) is 24.8. The number of nitrogens with one attached hydrogen (secondary N) is 1. The van der Waals surface area contributed by atoms with Gasteiger partial charge in [-0.3, -0.25) is 9.36 Å². The van der Waals surface area contributed by atoms with Gasteiger partial charge in [0.1, 0.15) is 17.2 Å². The van der Waals surface area contributed by atoms with Crippen molar-refractivity contribution in [3.05, 3.63) is 84.0 Å². The lowest BCUT2D eigenvalue weighted by Gasteiger charge is -2.14. The number of amides is 1. The second-order valence-electron chi connectivity index (χ2n) is 8.31. The summed E-state index contributed by atoms with van der Waals surface area (Å²) in [4.78, 5) is 17.0. The molecule has 0 atom stereocenters. The van der Waals surface area contributed by atoms with E-state index in [-0.39, 0.29) is 5.91 Å². The SMILES string of the molecule is COc1cccc(OC)c1-c1ccc(-n2cncc2C(=O)NCC=C(C)CCC=C(C)C)cc1. The van der Waals surface area contributed by atoms with Crippen LogP contribution in [0.3, 0.4) is 0 Å². The van der Waals surface area contributed by atoms with E-state index < -0.39 is 0 Å². The molecule has 1 N–H and O–H groups in total. The summed E-state index contributed by atoms with van der Waals surface area (Å²) >= 11 is 0. The molecule has 0 aliphatic heterocycles. The molecule has 0 aliphatic carbocycles. The summed E-state index contributed by atoms with van der Waals surface area (Å²) in [5, 5.41) is 2.97. The molecule has 1 heterocycles. The minimum atomic E-state index is -0.165. The molecule has 0 aliphatic rings. The minimum absolute atomic E-state index is 0.165. The first-order chi connectivity index (χ1) is 16.4. The molecule has 0 unspecified atom stereocenters. The van der Waals surface area contributed by atoms with Gasteiger partial charge in [-0.1, -0.05) is 41.5 Å². The summed E-state index contributed by atoms with van der Waals surface area (Å²) in [6.07, 6.45) is 9.52. The summed E-state index contributed by atoms with van der Waals surface area (Å²) in [6.45, 7) is 6.78. The van der Waals surface area contributed by atoms with Crippen molar-refractivity contribution in [1.29, 1.82) is 0 Å². The highest BCUT2D eigenvalue weighted by molar-refractivity contribution is 5.93. The predicted molar refractivity (Wildman–Crippen MR) is 137 cm³/mol. The zero-order valence-electron chi connectivity index (χ0n) is 20.6. The van der Waals surface area contributed by atoms with Crippen LogP contribution in [-0.2, 0) is 0 Å². The molecular formula is C28H33N3O3. The highest BCUT2D eigenvalue weighted by atomic mass is 16.5. The average Bonchev–Trinajstić information content (AvgIpc) is 3.33. The van der Waals surface area contributed by atoms with E-state index in [9.17, 15) is 4.79 Å². The highest BCUT2D eigenvalue weighted by Gasteiger charge is 2.15. The molecule has 34 heavy (non-hydrogen) atoms. The number of nitrogens with zero attached hydrogens (tertiary/aromatic N) is 2. The third kappa shape index (κ3) is 6.16. The van der Waals surface area contributed by atoms with Crippen LogP contribution in [0.5, 0.6) is 11.5 Å². The number of carbonyl (C=O) groups is 1. The van der Waals surface area contributed by atoms with Gasteiger partial charge in [-0.15, -0.1) is 0 Å². The fourth-order valence-electron chi connectivity index (χ4n) is 3.69. The van der Waals surface area contributed by atoms with E-state index in [2.05, 4.69) is 43.2 Å². The highest BCUT2D eigenvalue weighted by Crippen LogP contribution is 2.38. The van der Waals surface area contributed by atoms with Crippen LogP contribution in [0.2, 0.25) is 0 Å². The van der Waals surface area contributed by atoms with Crippen molar-refractivity contribution in [2.24, 2.45) is 0 Å². The van der Waals surface area contributed by atoms with Gasteiger partial charge < -0.3 is 14.8 Å². The van der Waals surface area contributed by atoms with Gasteiger partial charge in [0.05, 0.1) is 32.3 Å². The first-order valence-electron chi connectivity index (χ1n) is 11.4. The van der Waals surface area contributed by atoms with Gasteiger partial charge in [0, 0.05) is 12.2 Å². The van der Waals surface area contributed by atoms with Crippen molar-refractivity contribution >= 4 is 5.91 Å². The van der Waals surface area contributed by atoms with Crippen molar-refractivity contribution < 1.29 is 14.3 Å². The Morgan fingerprint density at radius 1 is 1.00 bits per heavy atom. The van der Waals surface area contributed by atoms with Crippen molar-refractivity contribution in [3.63, 3.8) is 0 Å². The summed E-state index contributed by atoms with van der Waals surface area (Å²) in [7, 11) is 3.28. The van der Waals surface area contributed by atoms with Gasteiger partial charge in [-0.2, -0.15) is 0 Å². The topological polar surface area (TPSA) is 65.4 Å². The lowest BCUT2D eigenvalue weighted by Crippen LogP contribution is -2.25. The van der Waals surface area contributed by atoms with Crippen LogP contribution in [0.25, 0.3) is 16.8 Å². The zero-order valence-corrected chi connectivity index (χ0v) is 20.6.